The maximum Gasteiger partial charge on any atom is 0.258 e. The summed E-state index contributed by atoms with van der Waals surface area (Å²) in [6.07, 6.45) is 2.49. The van der Waals surface area contributed by atoms with E-state index in [1.54, 1.807) is 12.1 Å². The fraction of sp³-hybridized carbons (Fsp3) is 0.350. The van der Waals surface area contributed by atoms with Gasteiger partial charge in [0.25, 0.3) is 5.91 Å². The van der Waals surface area contributed by atoms with Crippen LogP contribution >= 0.6 is 0 Å². The van der Waals surface area contributed by atoms with E-state index in [0.29, 0.717) is 0 Å². The van der Waals surface area contributed by atoms with Gasteiger partial charge in [-0.05, 0) is 49.6 Å². The first-order valence-electron chi connectivity index (χ1n) is 8.65. The van der Waals surface area contributed by atoms with Crippen molar-refractivity contribution < 1.29 is 13.9 Å². The highest BCUT2D eigenvalue weighted by Gasteiger charge is 2.14. The van der Waals surface area contributed by atoms with Gasteiger partial charge in [-0.15, -0.1) is 0 Å². The molecule has 2 aromatic rings. The standard InChI is InChI=1S/C20H23FN2O2/c1-15(16-8-10-17(11-9-16)23-12-4-5-13-23)22-20(24)14-25-19-7-3-2-6-18(19)21/h2-3,6-11,15H,4-5,12-14H2,1H3,(H,22,24). The van der Waals surface area contributed by atoms with Gasteiger partial charge in [-0.3, -0.25) is 4.79 Å². The molecule has 0 saturated carbocycles. The lowest BCUT2D eigenvalue weighted by Gasteiger charge is -2.19. The Morgan fingerprint density at radius 3 is 2.52 bits per heavy atom. The number of amides is 1. The summed E-state index contributed by atoms with van der Waals surface area (Å²) in [6, 6.07) is 14.2. The molecule has 25 heavy (non-hydrogen) atoms. The lowest BCUT2D eigenvalue weighted by molar-refractivity contribution is -0.123. The van der Waals surface area contributed by atoms with Crippen molar-refractivity contribution in [3.63, 3.8) is 0 Å². The molecule has 0 aromatic heterocycles. The molecule has 1 N–H and O–H groups in total. The second-order valence-corrected chi connectivity index (χ2v) is 6.29. The molecule has 4 nitrogen and oxygen atoms in total. The van der Waals surface area contributed by atoms with Gasteiger partial charge >= 0.3 is 0 Å². The Labute approximate surface area is 147 Å². The Bertz CT molecular complexity index is 712. The second kappa shape index (κ2) is 8.01. The number of hydrogen-bond donors (Lipinski definition) is 1. The van der Waals surface area contributed by atoms with E-state index in [0.717, 1.165) is 18.7 Å². The average Bonchev–Trinajstić information content (AvgIpc) is 3.16. The smallest absolute Gasteiger partial charge is 0.258 e. The Hall–Kier alpha value is -2.56. The van der Waals surface area contributed by atoms with Gasteiger partial charge in [-0.1, -0.05) is 24.3 Å². The predicted molar refractivity (Wildman–Crippen MR) is 96.3 cm³/mol. The summed E-state index contributed by atoms with van der Waals surface area (Å²) >= 11 is 0. The van der Waals surface area contributed by atoms with Crippen LogP contribution in [0.15, 0.2) is 48.5 Å². The maximum atomic E-state index is 13.5. The SMILES string of the molecule is CC(NC(=O)COc1ccccc1F)c1ccc(N2CCCC2)cc1. The van der Waals surface area contributed by atoms with Gasteiger partial charge in [0.15, 0.2) is 18.2 Å². The van der Waals surface area contributed by atoms with Crippen molar-refractivity contribution in [3.8, 4) is 5.75 Å². The molecule has 1 amide bonds. The summed E-state index contributed by atoms with van der Waals surface area (Å²) in [6.45, 7) is 3.93. The molecule has 1 fully saturated rings. The number of carbonyl (C=O) groups is 1. The van der Waals surface area contributed by atoms with Crippen molar-refractivity contribution in [2.24, 2.45) is 0 Å². The molecule has 2 aromatic carbocycles. The molecule has 1 aliphatic rings. The van der Waals surface area contributed by atoms with Crippen molar-refractivity contribution in [1.82, 2.24) is 5.32 Å². The minimum Gasteiger partial charge on any atom is -0.481 e. The minimum atomic E-state index is -0.471. The van der Waals surface area contributed by atoms with E-state index in [2.05, 4.69) is 22.3 Å². The molecule has 1 heterocycles. The minimum absolute atomic E-state index is 0.0836. The largest absolute Gasteiger partial charge is 0.481 e. The van der Waals surface area contributed by atoms with Crippen LogP contribution in [0.2, 0.25) is 0 Å². The number of nitrogens with zero attached hydrogens (tertiary/aromatic N) is 1. The maximum absolute atomic E-state index is 13.5. The van der Waals surface area contributed by atoms with E-state index in [1.807, 2.05) is 19.1 Å². The van der Waals surface area contributed by atoms with E-state index >= 15 is 0 Å². The zero-order valence-electron chi connectivity index (χ0n) is 14.4. The second-order valence-electron chi connectivity index (χ2n) is 6.29. The fourth-order valence-electron chi connectivity index (χ4n) is 3.02. The molecular weight excluding hydrogens is 319 g/mol. The van der Waals surface area contributed by atoms with Crippen molar-refractivity contribution >= 4 is 11.6 Å². The molecular formula is C20H23FN2O2. The van der Waals surface area contributed by atoms with Gasteiger partial charge in [0.1, 0.15) is 0 Å². The number of nitrogens with one attached hydrogen (secondary N) is 1. The van der Waals surface area contributed by atoms with E-state index in [-0.39, 0.29) is 24.3 Å². The quantitative estimate of drug-likeness (QED) is 0.871. The van der Waals surface area contributed by atoms with Crippen molar-refractivity contribution in [2.75, 3.05) is 24.6 Å². The normalized spacial score (nSPS) is 15.0. The summed E-state index contributed by atoms with van der Waals surface area (Å²) in [5.74, 6) is -0.666. The molecule has 1 unspecified atom stereocenters. The number of carbonyl (C=O) groups excluding carboxylic acids is 1. The van der Waals surface area contributed by atoms with Crippen molar-refractivity contribution in [3.05, 3.63) is 59.9 Å². The van der Waals surface area contributed by atoms with E-state index in [9.17, 15) is 9.18 Å². The van der Waals surface area contributed by atoms with Crippen LogP contribution in [0.1, 0.15) is 31.4 Å². The number of anilines is 1. The van der Waals surface area contributed by atoms with Gasteiger partial charge in [0.2, 0.25) is 0 Å². The first-order valence-corrected chi connectivity index (χ1v) is 8.65. The number of hydrogen-bond acceptors (Lipinski definition) is 3. The molecule has 0 radical (unpaired) electrons. The third-order valence-electron chi connectivity index (χ3n) is 4.44. The molecule has 1 atom stereocenters. The molecule has 0 aliphatic carbocycles. The summed E-state index contributed by atoms with van der Waals surface area (Å²) in [7, 11) is 0. The number of halogens is 1. The first-order chi connectivity index (χ1) is 12.1. The van der Waals surface area contributed by atoms with Crippen LogP contribution in [0.3, 0.4) is 0 Å². The van der Waals surface area contributed by atoms with Gasteiger partial charge in [0, 0.05) is 18.8 Å². The topological polar surface area (TPSA) is 41.6 Å². The summed E-state index contributed by atoms with van der Waals surface area (Å²) in [4.78, 5) is 14.4. The van der Waals surface area contributed by atoms with E-state index in [1.165, 1.54) is 30.7 Å². The highest BCUT2D eigenvalue weighted by atomic mass is 19.1. The Morgan fingerprint density at radius 1 is 1.16 bits per heavy atom. The molecule has 3 rings (SSSR count). The van der Waals surface area contributed by atoms with Crippen LogP contribution in [0.5, 0.6) is 5.75 Å². The number of rotatable bonds is 6. The third-order valence-corrected chi connectivity index (χ3v) is 4.44. The van der Waals surface area contributed by atoms with E-state index in [4.69, 9.17) is 4.74 Å². The van der Waals surface area contributed by atoms with Crippen LogP contribution in [-0.2, 0) is 4.79 Å². The lowest BCUT2D eigenvalue weighted by Crippen LogP contribution is -2.31. The van der Waals surface area contributed by atoms with Gasteiger partial charge < -0.3 is 15.0 Å². The van der Waals surface area contributed by atoms with Crippen LogP contribution in [0.25, 0.3) is 0 Å². The molecule has 5 heteroatoms. The van der Waals surface area contributed by atoms with Gasteiger partial charge in [-0.25, -0.2) is 4.39 Å². The van der Waals surface area contributed by atoms with Crippen LogP contribution in [-0.4, -0.2) is 25.6 Å². The predicted octanol–water partition coefficient (Wildman–Crippen LogP) is 3.68. The Balaban J connectivity index is 1.51. The lowest BCUT2D eigenvalue weighted by atomic mass is 10.1. The Kier molecular flexibility index (Phi) is 5.53. The van der Waals surface area contributed by atoms with E-state index < -0.39 is 5.82 Å². The monoisotopic (exact) mass is 342 g/mol. The summed E-state index contributed by atoms with van der Waals surface area (Å²) in [5.41, 5.74) is 2.25. The summed E-state index contributed by atoms with van der Waals surface area (Å²) < 4.78 is 18.7. The van der Waals surface area contributed by atoms with Crippen molar-refractivity contribution in [1.29, 1.82) is 0 Å². The average molecular weight is 342 g/mol. The van der Waals surface area contributed by atoms with Crippen LogP contribution in [0, 0.1) is 5.82 Å². The molecule has 1 aliphatic heterocycles. The molecule has 0 spiro atoms. The number of para-hydroxylation sites is 1. The molecule has 132 valence electrons. The molecule has 0 bridgehead atoms. The zero-order valence-corrected chi connectivity index (χ0v) is 14.4. The van der Waals surface area contributed by atoms with Gasteiger partial charge in [0.05, 0.1) is 6.04 Å². The van der Waals surface area contributed by atoms with Crippen LogP contribution in [0.4, 0.5) is 10.1 Å². The zero-order chi connectivity index (χ0) is 17.6. The third kappa shape index (κ3) is 4.50. The Morgan fingerprint density at radius 2 is 1.84 bits per heavy atom. The highest BCUT2D eigenvalue weighted by Crippen LogP contribution is 2.22. The number of ether oxygens (including phenoxy) is 1. The van der Waals surface area contributed by atoms with Gasteiger partial charge in [-0.2, -0.15) is 0 Å². The summed E-state index contributed by atoms with van der Waals surface area (Å²) in [5, 5.41) is 2.87. The molecule has 1 saturated heterocycles. The fourth-order valence-corrected chi connectivity index (χ4v) is 3.02. The number of benzene rings is 2. The van der Waals surface area contributed by atoms with Crippen LogP contribution < -0.4 is 15.0 Å². The first kappa shape index (κ1) is 17.3. The van der Waals surface area contributed by atoms with Crippen molar-refractivity contribution in [2.45, 2.75) is 25.8 Å². The highest BCUT2D eigenvalue weighted by molar-refractivity contribution is 5.78.